The zero-order chi connectivity index (χ0) is 21.4. The zero-order valence-corrected chi connectivity index (χ0v) is 16.3. The number of hydrogen-bond acceptors (Lipinski definition) is 4. The summed E-state index contributed by atoms with van der Waals surface area (Å²) in [6.45, 7) is 2.49. The van der Waals surface area contributed by atoms with Crippen LogP contribution in [-0.2, 0) is 9.53 Å². The van der Waals surface area contributed by atoms with Crippen molar-refractivity contribution >= 4 is 17.6 Å². The summed E-state index contributed by atoms with van der Waals surface area (Å²) < 4.78 is 50.7. The lowest BCUT2D eigenvalue weighted by Crippen LogP contribution is -2.32. The van der Waals surface area contributed by atoms with Crippen molar-refractivity contribution in [2.45, 2.75) is 31.0 Å². The van der Waals surface area contributed by atoms with Crippen LogP contribution in [0.4, 0.5) is 13.2 Å². The van der Waals surface area contributed by atoms with E-state index in [-0.39, 0.29) is 5.56 Å². The largest absolute Gasteiger partial charge is 0.457 e. The molecule has 4 nitrogen and oxygen atoms in total. The maximum Gasteiger partial charge on any atom is 0.409 e. The standard InChI is InChI=1S/C21H17ClF3NO3/c1-19(2)17(20(19,22)21(23,24)25)18(27)29-16(12-26)13-7-6-10-15(11-13)28-14-8-4-3-5-9-14/h3-11,16-17H,1-2H3. The second kappa shape index (κ2) is 7.27. The van der Waals surface area contributed by atoms with Gasteiger partial charge in [0.2, 0.25) is 6.10 Å². The van der Waals surface area contributed by atoms with Crippen molar-refractivity contribution in [3.8, 4) is 17.6 Å². The SMILES string of the molecule is CC1(C)C(C(=O)OC(C#N)c2cccc(Oc3ccccc3)c2)C1(Cl)C(F)(F)F. The molecule has 8 heteroatoms. The van der Waals surface area contributed by atoms with Gasteiger partial charge in [-0.2, -0.15) is 18.4 Å². The summed E-state index contributed by atoms with van der Waals surface area (Å²) >= 11 is 5.73. The predicted molar refractivity (Wildman–Crippen MR) is 99.3 cm³/mol. The van der Waals surface area contributed by atoms with Gasteiger partial charge >= 0.3 is 12.1 Å². The van der Waals surface area contributed by atoms with Crippen molar-refractivity contribution in [3.05, 3.63) is 60.2 Å². The number of halogens is 4. The first-order valence-corrected chi connectivity index (χ1v) is 9.09. The summed E-state index contributed by atoms with van der Waals surface area (Å²) in [5.41, 5.74) is -1.26. The fraction of sp³-hybridized carbons (Fsp3) is 0.333. The molecule has 0 aliphatic heterocycles. The highest BCUT2D eigenvalue weighted by Crippen LogP contribution is 2.72. The number of esters is 1. The summed E-state index contributed by atoms with van der Waals surface area (Å²) in [5, 5.41) is 9.41. The summed E-state index contributed by atoms with van der Waals surface area (Å²) in [4.78, 5) is 9.70. The van der Waals surface area contributed by atoms with Gasteiger partial charge in [0.15, 0.2) is 4.87 Å². The number of ether oxygens (including phenoxy) is 2. The van der Waals surface area contributed by atoms with Crippen LogP contribution in [0.2, 0.25) is 0 Å². The monoisotopic (exact) mass is 423 g/mol. The molecule has 3 rings (SSSR count). The fourth-order valence-corrected chi connectivity index (χ4v) is 3.83. The molecular formula is C21H17ClF3NO3. The van der Waals surface area contributed by atoms with E-state index in [1.807, 2.05) is 6.07 Å². The molecule has 0 amide bonds. The molecule has 0 heterocycles. The van der Waals surface area contributed by atoms with Crippen LogP contribution in [0.3, 0.4) is 0 Å². The number of rotatable bonds is 5. The van der Waals surface area contributed by atoms with Gasteiger partial charge in [-0.05, 0) is 24.3 Å². The fourth-order valence-electron chi connectivity index (χ4n) is 3.42. The van der Waals surface area contributed by atoms with Gasteiger partial charge in [0.25, 0.3) is 0 Å². The van der Waals surface area contributed by atoms with E-state index in [1.165, 1.54) is 26.0 Å². The highest BCUT2D eigenvalue weighted by molar-refractivity contribution is 6.30. The molecule has 0 N–H and O–H groups in total. The van der Waals surface area contributed by atoms with Gasteiger partial charge in [0.1, 0.15) is 17.6 Å². The minimum absolute atomic E-state index is 0.278. The Kier molecular flexibility index (Phi) is 5.26. The van der Waals surface area contributed by atoms with Gasteiger partial charge in [0, 0.05) is 11.0 Å². The topological polar surface area (TPSA) is 59.3 Å². The second-order valence-corrected chi connectivity index (χ2v) is 7.89. The zero-order valence-electron chi connectivity index (χ0n) is 15.5. The summed E-state index contributed by atoms with van der Waals surface area (Å²) in [7, 11) is 0. The minimum atomic E-state index is -4.78. The molecule has 1 aliphatic rings. The van der Waals surface area contributed by atoms with Crippen molar-refractivity contribution in [1.82, 2.24) is 0 Å². The van der Waals surface area contributed by atoms with Gasteiger partial charge in [0.05, 0.1) is 5.92 Å². The van der Waals surface area contributed by atoms with Crippen LogP contribution >= 0.6 is 11.6 Å². The molecule has 2 aromatic rings. The first-order chi connectivity index (χ1) is 13.5. The lowest BCUT2D eigenvalue weighted by Gasteiger charge is -2.16. The Morgan fingerprint density at radius 1 is 1.14 bits per heavy atom. The molecule has 29 heavy (non-hydrogen) atoms. The Labute approximate surface area is 170 Å². The number of nitriles is 1. The van der Waals surface area contributed by atoms with E-state index in [9.17, 15) is 23.2 Å². The molecule has 1 saturated carbocycles. The Balaban J connectivity index is 1.77. The molecule has 0 bridgehead atoms. The Bertz CT molecular complexity index is 956. The van der Waals surface area contributed by atoms with Gasteiger partial charge in [-0.1, -0.05) is 44.2 Å². The maximum absolute atomic E-state index is 13.3. The third kappa shape index (κ3) is 3.65. The Morgan fingerprint density at radius 2 is 1.76 bits per heavy atom. The number of carbonyl (C=O) groups excluding carboxylic acids is 1. The lowest BCUT2D eigenvalue weighted by molar-refractivity contribution is -0.160. The van der Waals surface area contributed by atoms with E-state index in [1.54, 1.807) is 42.5 Å². The molecule has 152 valence electrons. The Hall–Kier alpha value is -2.72. The quantitative estimate of drug-likeness (QED) is 0.451. The van der Waals surface area contributed by atoms with Gasteiger partial charge < -0.3 is 9.47 Å². The highest BCUT2D eigenvalue weighted by Gasteiger charge is 2.86. The van der Waals surface area contributed by atoms with Crippen LogP contribution in [0.25, 0.3) is 0 Å². The number of alkyl halides is 4. The first kappa shape index (κ1) is 21.0. The van der Waals surface area contributed by atoms with Crippen LogP contribution in [0.5, 0.6) is 11.5 Å². The number of hydrogen-bond donors (Lipinski definition) is 0. The second-order valence-electron chi connectivity index (χ2n) is 7.30. The molecule has 1 fully saturated rings. The smallest absolute Gasteiger partial charge is 0.409 e. The van der Waals surface area contributed by atoms with E-state index >= 15 is 0 Å². The molecular weight excluding hydrogens is 407 g/mol. The highest BCUT2D eigenvalue weighted by atomic mass is 35.5. The van der Waals surface area contributed by atoms with Crippen molar-refractivity contribution in [2.75, 3.05) is 0 Å². The number of para-hydroxylation sites is 1. The molecule has 0 spiro atoms. The van der Waals surface area contributed by atoms with Crippen molar-refractivity contribution < 1.29 is 27.4 Å². The van der Waals surface area contributed by atoms with E-state index in [2.05, 4.69) is 0 Å². The number of benzene rings is 2. The van der Waals surface area contributed by atoms with Crippen molar-refractivity contribution in [1.29, 1.82) is 5.26 Å². The molecule has 0 aromatic heterocycles. The number of carbonyl (C=O) groups is 1. The van der Waals surface area contributed by atoms with Gasteiger partial charge in [-0.25, -0.2) is 0 Å². The van der Waals surface area contributed by atoms with Crippen LogP contribution in [-0.4, -0.2) is 17.0 Å². The van der Waals surface area contributed by atoms with Crippen LogP contribution in [0, 0.1) is 22.7 Å². The summed E-state index contributed by atoms with van der Waals surface area (Å²) in [6, 6.07) is 16.9. The van der Waals surface area contributed by atoms with E-state index in [0.717, 1.165) is 0 Å². The molecule has 0 saturated heterocycles. The average Bonchev–Trinajstić information content (AvgIpc) is 3.14. The summed E-state index contributed by atoms with van der Waals surface area (Å²) in [5.74, 6) is -1.81. The molecule has 2 aromatic carbocycles. The van der Waals surface area contributed by atoms with E-state index < -0.39 is 34.5 Å². The van der Waals surface area contributed by atoms with Crippen molar-refractivity contribution in [3.63, 3.8) is 0 Å². The molecule has 0 radical (unpaired) electrons. The van der Waals surface area contributed by atoms with E-state index in [0.29, 0.717) is 11.5 Å². The predicted octanol–water partition coefficient (Wildman–Crippen LogP) is 5.78. The molecule has 3 atom stereocenters. The first-order valence-electron chi connectivity index (χ1n) is 8.71. The van der Waals surface area contributed by atoms with Crippen molar-refractivity contribution in [2.24, 2.45) is 11.3 Å². The Morgan fingerprint density at radius 3 is 2.31 bits per heavy atom. The van der Waals surface area contributed by atoms with Crippen LogP contribution < -0.4 is 4.74 Å². The third-order valence-corrected chi connectivity index (χ3v) is 6.03. The van der Waals surface area contributed by atoms with Crippen LogP contribution in [0.15, 0.2) is 54.6 Å². The van der Waals surface area contributed by atoms with Gasteiger partial charge in [-0.15, -0.1) is 11.6 Å². The minimum Gasteiger partial charge on any atom is -0.457 e. The number of nitrogens with zero attached hydrogens (tertiary/aromatic N) is 1. The summed E-state index contributed by atoms with van der Waals surface area (Å²) in [6.07, 6.45) is -6.18. The van der Waals surface area contributed by atoms with Gasteiger partial charge in [-0.3, -0.25) is 4.79 Å². The van der Waals surface area contributed by atoms with Crippen LogP contribution in [0.1, 0.15) is 25.5 Å². The normalized spacial score (nSPS) is 23.6. The average molecular weight is 424 g/mol. The third-order valence-electron chi connectivity index (χ3n) is 5.11. The lowest BCUT2D eigenvalue weighted by atomic mass is 10.1. The van der Waals surface area contributed by atoms with E-state index in [4.69, 9.17) is 21.1 Å². The maximum atomic E-state index is 13.3. The molecule has 3 unspecified atom stereocenters. The molecule has 1 aliphatic carbocycles.